The summed E-state index contributed by atoms with van der Waals surface area (Å²) in [5, 5.41) is 6.47. The van der Waals surface area contributed by atoms with E-state index in [0.29, 0.717) is 36.1 Å². The minimum Gasteiger partial charge on any atom is -0.493 e. The Morgan fingerprint density at radius 1 is 1.38 bits per heavy atom. The summed E-state index contributed by atoms with van der Waals surface area (Å²) in [6, 6.07) is 3.56. The summed E-state index contributed by atoms with van der Waals surface area (Å²) < 4.78 is 11.1. The first-order valence-corrected chi connectivity index (χ1v) is 7.40. The Hall–Kier alpha value is -1.46. The van der Waals surface area contributed by atoms with Crippen molar-refractivity contribution in [3.05, 3.63) is 22.7 Å². The van der Waals surface area contributed by atoms with Gasteiger partial charge in [-0.25, -0.2) is 0 Å². The van der Waals surface area contributed by atoms with Crippen molar-refractivity contribution in [3.63, 3.8) is 0 Å². The zero-order valence-corrected chi connectivity index (χ0v) is 13.5. The second kappa shape index (κ2) is 9.47. The van der Waals surface area contributed by atoms with E-state index >= 15 is 0 Å². The third-order valence-electron chi connectivity index (χ3n) is 2.91. The van der Waals surface area contributed by atoms with Crippen LogP contribution in [0.4, 0.5) is 0 Å². The molecule has 6 heteroatoms. The van der Waals surface area contributed by atoms with Gasteiger partial charge in [-0.2, -0.15) is 0 Å². The number of benzene rings is 1. The highest BCUT2D eigenvalue weighted by atomic mass is 35.5. The molecule has 0 saturated carbocycles. The van der Waals surface area contributed by atoms with Gasteiger partial charge in [-0.1, -0.05) is 18.5 Å². The molecule has 0 spiro atoms. The first-order valence-electron chi connectivity index (χ1n) is 7.02. The van der Waals surface area contributed by atoms with E-state index in [1.807, 2.05) is 6.07 Å². The van der Waals surface area contributed by atoms with E-state index in [0.717, 1.165) is 18.5 Å². The van der Waals surface area contributed by atoms with Crippen molar-refractivity contribution in [2.24, 2.45) is 0 Å². The maximum Gasteiger partial charge on any atom is 0.223 e. The average molecular weight is 315 g/mol. The Morgan fingerprint density at radius 2 is 2.14 bits per heavy atom. The number of amides is 1. The summed E-state index contributed by atoms with van der Waals surface area (Å²) in [7, 11) is 3.17. The quantitative estimate of drug-likeness (QED) is 0.687. The molecule has 0 aliphatic heterocycles. The van der Waals surface area contributed by atoms with Crippen LogP contribution in [0.15, 0.2) is 12.1 Å². The molecule has 2 N–H and O–H groups in total. The highest BCUT2D eigenvalue weighted by Gasteiger charge is 2.13. The number of halogens is 1. The fourth-order valence-corrected chi connectivity index (χ4v) is 2.07. The molecule has 1 aromatic rings. The van der Waals surface area contributed by atoms with Crippen molar-refractivity contribution in [1.29, 1.82) is 0 Å². The highest BCUT2D eigenvalue weighted by Crippen LogP contribution is 2.34. The fourth-order valence-electron chi connectivity index (χ4n) is 1.84. The molecule has 0 aliphatic carbocycles. The molecule has 0 bridgehead atoms. The lowest BCUT2D eigenvalue weighted by Gasteiger charge is -2.16. The number of carbonyl (C=O) groups excluding carboxylic acids is 1. The molecule has 0 aromatic heterocycles. The summed E-state index contributed by atoms with van der Waals surface area (Å²) in [4.78, 5) is 11.3. The van der Waals surface area contributed by atoms with Crippen molar-refractivity contribution in [2.45, 2.75) is 26.3 Å². The minimum absolute atomic E-state index is 0.0615. The van der Waals surface area contributed by atoms with E-state index < -0.39 is 0 Å². The minimum atomic E-state index is -0.0615. The maximum absolute atomic E-state index is 11.3. The third kappa shape index (κ3) is 5.81. The summed E-state index contributed by atoms with van der Waals surface area (Å²) >= 11 is 6.09. The molecule has 0 heterocycles. The van der Waals surface area contributed by atoms with Crippen molar-refractivity contribution < 1.29 is 14.3 Å². The van der Waals surface area contributed by atoms with Crippen molar-refractivity contribution >= 4 is 17.5 Å². The molecule has 1 amide bonds. The van der Waals surface area contributed by atoms with Crippen LogP contribution in [-0.4, -0.2) is 33.2 Å². The molecule has 0 fully saturated rings. The lowest BCUT2D eigenvalue weighted by atomic mass is 10.1. The van der Waals surface area contributed by atoms with Crippen LogP contribution in [0, 0.1) is 0 Å². The molecule has 0 unspecified atom stereocenters. The van der Waals surface area contributed by atoms with E-state index in [2.05, 4.69) is 17.6 Å². The Morgan fingerprint density at radius 3 is 2.76 bits per heavy atom. The van der Waals surface area contributed by atoms with Crippen molar-refractivity contribution in [3.8, 4) is 11.5 Å². The van der Waals surface area contributed by atoms with Crippen molar-refractivity contribution in [1.82, 2.24) is 10.6 Å². The monoisotopic (exact) mass is 314 g/mol. The highest BCUT2D eigenvalue weighted by molar-refractivity contribution is 6.30. The second-order valence-corrected chi connectivity index (χ2v) is 4.98. The van der Waals surface area contributed by atoms with Gasteiger partial charge in [-0.05, 0) is 19.0 Å². The maximum atomic E-state index is 11.3. The van der Waals surface area contributed by atoms with E-state index in [1.165, 1.54) is 0 Å². The topological polar surface area (TPSA) is 59.6 Å². The van der Waals surface area contributed by atoms with Gasteiger partial charge in [0.05, 0.1) is 20.1 Å². The molecule has 5 nitrogen and oxygen atoms in total. The largest absolute Gasteiger partial charge is 0.493 e. The fraction of sp³-hybridized carbons (Fsp3) is 0.533. The number of rotatable bonds is 9. The van der Waals surface area contributed by atoms with Gasteiger partial charge in [-0.15, -0.1) is 0 Å². The molecule has 0 saturated heterocycles. The Kier molecular flexibility index (Phi) is 7.93. The van der Waals surface area contributed by atoms with Gasteiger partial charge in [0.1, 0.15) is 0 Å². The molecular formula is C15H23ClN2O3. The normalized spacial score (nSPS) is 10.3. The van der Waals surface area contributed by atoms with Gasteiger partial charge in [0.25, 0.3) is 0 Å². The van der Waals surface area contributed by atoms with E-state index in [-0.39, 0.29) is 5.91 Å². The van der Waals surface area contributed by atoms with Crippen LogP contribution in [0.2, 0.25) is 5.02 Å². The Balaban J connectivity index is 2.83. The Bertz CT molecular complexity index is 466. The molecule has 118 valence electrons. The first-order chi connectivity index (χ1) is 10.1. The SMILES string of the molecule is CCCNCc1cc(Cl)cc(OC)c1OCCC(=O)NC. The molecule has 21 heavy (non-hydrogen) atoms. The van der Waals surface area contributed by atoms with Gasteiger partial charge in [0.15, 0.2) is 11.5 Å². The van der Waals surface area contributed by atoms with E-state index in [4.69, 9.17) is 21.1 Å². The van der Waals surface area contributed by atoms with Gasteiger partial charge >= 0.3 is 0 Å². The van der Waals surface area contributed by atoms with Crippen LogP contribution >= 0.6 is 11.6 Å². The van der Waals surface area contributed by atoms with Crippen LogP contribution in [0.25, 0.3) is 0 Å². The molecule has 1 rings (SSSR count). The molecule has 1 aromatic carbocycles. The van der Waals surface area contributed by atoms with Gasteiger partial charge in [0.2, 0.25) is 5.91 Å². The zero-order valence-electron chi connectivity index (χ0n) is 12.8. The van der Waals surface area contributed by atoms with Crippen LogP contribution in [0.5, 0.6) is 11.5 Å². The number of carbonyl (C=O) groups is 1. The number of methoxy groups -OCH3 is 1. The zero-order chi connectivity index (χ0) is 15.7. The van der Waals surface area contributed by atoms with Gasteiger partial charge < -0.3 is 20.1 Å². The van der Waals surface area contributed by atoms with Crippen LogP contribution < -0.4 is 20.1 Å². The van der Waals surface area contributed by atoms with Crippen LogP contribution in [-0.2, 0) is 11.3 Å². The summed E-state index contributed by atoms with van der Waals surface area (Å²) in [6.07, 6.45) is 1.34. The molecular weight excluding hydrogens is 292 g/mol. The predicted octanol–water partition coefficient (Wildman–Crippen LogP) is 2.36. The van der Waals surface area contributed by atoms with E-state index in [1.54, 1.807) is 20.2 Å². The lowest BCUT2D eigenvalue weighted by Crippen LogP contribution is -2.20. The molecule has 0 aliphatic rings. The number of nitrogens with one attached hydrogen (secondary N) is 2. The van der Waals surface area contributed by atoms with Crippen LogP contribution in [0.3, 0.4) is 0 Å². The summed E-state index contributed by atoms with van der Waals surface area (Å²) in [5.74, 6) is 1.15. The number of ether oxygens (including phenoxy) is 2. The molecule has 0 radical (unpaired) electrons. The third-order valence-corrected chi connectivity index (χ3v) is 3.13. The van der Waals surface area contributed by atoms with Crippen LogP contribution in [0.1, 0.15) is 25.3 Å². The molecule has 0 atom stereocenters. The van der Waals surface area contributed by atoms with Crippen molar-refractivity contribution in [2.75, 3.05) is 27.3 Å². The number of hydrogen-bond donors (Lipinski definition) is 2. The smallest absolute Gasteiger partial charge is 0.223 e. The summed E-state index contributed by atoms with van der Waals surface area (Å²) in [6.45, 7) is 3.94. The van der Waals surface area contributed by atoms with Gasteiger partial charge in [0, 0.05) is 30.2 Å². The standard InChI is InChI=1S/C15H23ClN2O3/c1-4-6-18-10-11-8-12(16)9-13(20-3)15(11)21-7-5-14(19)17-2/h8-9,18H,4-7,10H2,1-3H3,(H,17,19). The first kappa shape index (κ1) is 17.6. The van der Waals surface area contributed by atoms with E-state index in [9.17, 15) is 4.79 Å². The lowest BCUT2D eigenvalue weighted by molar-refractivity contribution is -0.121. The van der Waals surface area contributed by atoms with Gasteiger partial charge in [-0.3, -0.25) is 4.79 Å². The second-order valence-electron chi connectivity index (χ2n) is 4.54. The summed E-state index contributed by atoms with van der Waals surface area (Å²) in [5.41, 5.74) is 0.921. The predicted molar refractivity (Wildman–Crippen MR) is 84.2 cm³/mol. The average Bonchev–Trinajstić information content (AvgIpc) is 2.48. The Labute approximate surface area is 131 Å². The number of hydrogen-bond acceptors (Lipinski definition) is 4.